The summed E-state index contributed by atoms with van der Waals surface area (Å²) in [4.78, 5) is 26.1. The molecule has 0 radical (unpaired) electrons. The van der Waals surface area contributed by atoms with Gasteiger partial charge in [-0.05, 0) is 66.7 Å². The molecule has 1 heterocycles. The number of carbonyl (C=O) groups is 2. The van der Waals surface area contributed by atoms with Gasteiger partial charge in [0.1, 0.15) is 5.75 Å². The van der Waals surface area contributed by atoms with Crippen LogP contribution in [-0.4, -0.2) is 45.7 Å². The Morgan fingerprint density at radius 2 is 1.85 bits per heavy atom. The number of carbonyl (C=O) groups excluding carboxylic acids is 2. The number of hydrogen-bond acceptors (Lipinski definition) is 8. The lowest BCUT2D eigenvalue weighted by molar-refractivity contribution is -0.145. The minimum absolute atomic E-state index is 0.214. The zero-order chi connectivity index (χ0) is 23.8. The van der Waals surface area contributed by atoms with Crippen LogP contribution in [0.4, 0.5) is 5.69 Å². The van der Waals surface area contributed by atoms with Crippen molar-refractivity contribution >= 4 is 29.3 Å². The van der Waals surface area contributed by atoms with Crippen molar-refractivity contribution in [1.29, 1.82) is 0 Å². The molecular weight excluding hydrogens is 454 g/mol. The maximum absolute atomic E-state index is 12.7. The van der Waals surface area contributed by atoms with E-state index in [2.05, 4.69) is 25.9 Å². The Morgan fingerprint density at radius 1 is 1.03 bits per heavy atom. The van der Waals surface area contributed by atoms with Gasteiger partial charge < -0.3 is 14.8 Å². The number of H-pyrrole nitrogens is 1. The second kappa shape index (κ2) is 11.1. The third-order valence-corrected chi connectivity index (χ3v) is 5.66. The lowest BCUT2D eigenvalue weighted by Crippen LogP contribution is -2.15. The molecule has 1 aromatic heterocycles. The SMILES string of the molecule is CCOC(=O)COc1cccc(C(=O)Nc2ccc(Sc3ccccc3-c3nn[nH]n3)cc2)c1. The average molecular weight is 476 g/mol. The normalized spacial score (nSPS) is 10.5. The fraction of sp³-hybridized carbons (Fsp3) is 0.125. The highest BCUT2D eigenvalue weighted by molar-refractivity contribution is 7.99. The molecule has 10 heteroatoms. The first-order valence-corrected chi connectivity index (χ1v) is 11.2. The molecule has 0 fully saturated rings. The van der Waals surface area contributed by atoms with Gasteiger partial charge in [-0.25, -0.2) is 4.79 Å². The molecule has 0 saturated heterocycles. The van der Waals surface area contributed by atoms with Crippen LogP contribution < -0.4 is 10.1 Å². The van der Waals surface area contributed by atoms with E-state index in [-0.39, 0.29) is 19.1 Å². The van der Waals surface area contributed by atoms with E-state index < -0.39 is 5.97 Å². The van der Waals surface area contributed by atoms with Crippen LogP contribution in [-0.2, 0) is 9.53 Å². The first kappa shape index (κ1) is 23.0. The van der Waals surface area contributed by atoms with Crippen molar-refractivity contribution in [3.8, 4) is 17.1 Å². The lowest BCUT2D eigenvalue weighted by Gasteiger charge is -2.10. The van der Waals surface area contributed by atoms with E-state index in [9.17, 15) is 9.59 Å². The number of ether oxygens (including phenoxy) is 2. The highest BCUT2D eigenvalue weighted by Crippen LogP contribution is 2.34. The molecule has 0 bridgehead atoms. The van der Waals surface area contributed by atoms with Gasteiger partial charge in [0, 0.05) is 26.6 Å². The van der Waals surface area contributed by atoms with E-state index in [4.69, 9.17) is 9.47 Å². The van der Waals surface area contributed by atoms with Crippen LogP contribution in [0, 0.1) is 0 Å². The number of anilines is 1. The van der Waals surface area contributed by atoms with Crippen molar-refractivity contribution in [2.24, 2.45) is 0 Å². The average Bonchev–Trinajstić information content (AvgIpc) is 3.40. The van der Waals surface area contributed by atoms with Crippen molar-refractivity contribution in [3.05, 3.63) is 78.4 Å². The minimum atomic E-state index is -0.463. The monoisotopic (exact) mass is 475 g/mol. The molecule has 0 aliphatic carbocycles. The van der Waals surface area contributed by atoms with E-state index in [1.165, 1.54) is 0 Å². The molecule has 2 N–H and O–H groups in total. The van der Waals surface area contributed by atoms with Crippen molar-refractivity contribution in [2.45, 2.75) is 16.7 Å². The van der Waals surface area contributed by atoms with E-state index in [1.54, 1.807) is 43.0 Å². The third-order valence-electron chi connectivity index (χ3n) is 4.57. The highest BCUT2D eigenvalue weighted by atomic mass is 32.2. The van der Waals surface area contributed by atoms with Gasteiger partial charge in [0.25, 0.3) is 5.91 Å². The van der Waals surface area contributed by atoms with Crippen LogP contribution in [0.15, 0.2) is 82.6 Å². The number of amides is 1. The van der Waals surface area contributed by atoms with Crippen LogP contribution in [0.3, 0.4) is 0 Å². The number of nitrogens with zero attached hydrogens (tertiary/aromatic N) is 3. The molecule has 4 rings (SSSR count). The summed E-state index contributed by atoms with van der Waals surface area (Å²) in [7, 11) is 0. The predicted molar refractivity (Wildman–Crippen MR) is 127 cm³/mol. The molecule has 0 spiro atoms. The number of hydrogen-bond donors (Lipinski definition) is 2. The second-order valence-electron chi connectivity index (χ2n) is 6.93. The van der Waals surface area contributed by atoms with E-state index in [1.807, 2.05) is 48.5 Å². The maximum atomic E-state index is 12.7. The molecule has 0 aliphatic heterocycles. The van der Waals surface area contributed by atoms with Gasteiger partial charge >= 0.3 is 5.97 Å². The van der Waals surface area contributed by atoms with Crippen molar-refractivity contribution < 1.29 is 19.1 Å². The molecule has 0 atom stereocenters. The molecular formula is C24H21N5O4S. The Kier molecular flexibility index (Phi) is 7.51. The summed E-state index contributed by atoms with van der Waals surface area (Å²) in [6, 6.07) is 21.9. The predicted octanol–water partition coefficient (Wildman–Crippen LogP) is 4.21. The van der Waals surface area contributed by atoms with Crippen LogP contribution in [0.5, 0.6) is 5.75 Å². The summed E-state index contributed by atoms with van der Waals surface area (Å²) in [6.07, 6.45) is 0. The standard InChI is InChI=1S/C24H21N5O4S/c1-2-32-22(30)15-33-18-7-5-6-16(14-18)24(31)25-17-10-12-19(13-11-17)34-21-9-4-3-8-20(21)23-26-28-29-27-23/h3-14H,2,15H2,1H3,(H,25,31)(H,26,27,28,29). The molecule has 1 amide bonds. The quantitative estimate of drug-likeness (QED) is 0.346. The third kappa shape index (κ3) is 5.99. The van der Waals surface area contributed by atoms with Gasteiger partial charge in [-0.1, -0.05) is 30.0 Å². The van der Waals surface area contributed by atoms with Gasteiger partial charge in [-0.2, -0.15) is 5.21 Å². The Balaban J connectivity index is 1.39. The fourth-order valence-corrected chi connectivity index (χ4v) is 3.97. The van der Waals surface area contributed by atoms with Crippen LogP contribution in [0.1, 0.15) is 17.3 Å². The molecule has 0 saturated carbocycles. The van der Waals surface area contributed by atoms with E-state index in [0.29, 0.717) is 22.8 Å². The van der Waals surface area contributed by atoms with Crippen LogP contribution in [0.2, 0.25) is 0 Å². The van der Waals surface area contributed by atoms with E-state index in [0.717, 1.165) is 15.4 Å². The largest absolute Gasteiger partial charge is 0.482 e. The first-order valence-electron chi connectivity index (χ1n) is 10.4. The Bertz CT molecular complexity index is 1260. The van der Waals surface area contributed by atoms with Crippen LogP contribution >= 0.6 is 11.8 Å². The van der Waals surface area contributed by atoms with Gasteiger partial charge in [0.15, 0.2) is 6.61 Å². The molecule has 4 aromatic rings. The number of tetrazole rings is 1. The molecule has 9 nitrogen and oxygen atoms in total. The molecule has 0 unspecified atom stereocenters. The number of rotatable bonds is 9. The molecule has 3 aromatic carbocycles. The van der Waals surface area contributed by atoms with Gasteiger partial charge in [-0.3, -0.25) is 4.79 Å². The molecule has 0 aliphatic rings. The molecule has 172 valence electrons. The topological polar surface area (TPSA) is 119 Å². The van der Waals surface area contributed by atoms with Gasteiger partial charge in [-0.15, -0.1) is 10.2 Å². The number of esters is 1. The Hall–Kier alpha value is -4.18. The number of benzene rings is 3. The Morgan fingerprint density at radius 3 is 2.62 bits per heavy atom. The van der Waals surface area contributed by atoms with Crippen molar-refractivity contribution in [1.82, 2.24) is 20.6 Å². The number of aromatic amines is 1. The van der Waals surface area contributed by atoms with E-state index >= 15 is 0 Å². The second-order valence-corrected chi connectivity index (χ2v) is 8.05. The summed E-state index contributed by atoms with van der Waals surface area (Å²) >= 11 is 1.56. The van der Waals surface area contributed by atoms with Gasteiger partial charge in [0.2, 0.25) is 5.82 Å². The summed E-state index contributed by atoms with van der Waals surface area (Å²) in [5.74, 6) is 0.188. The summed E-state index contributed by atoms with van der Waals surface area (Å²) in [5, 5.41) is 17.1. The smallest absolute Gasteiger partial charge is 0.344 e. The maximum Gasteiger partial charge on any atom is 0.344 e. The number of nitrogens with one attached hydrogen (secondary N) is 2. The number of aromatic nitrogens is 4. The lowest BCUT2D eigenvalue weighted by atomic mass is 10.2. The summed E-state index contributed by atoms with van der Waals surface area (Å²) < 4.78 is 10.2. The van der Waals surface area contributed by atoms with Crippen molar-refractivity contribution in [3.63, 3.8) is 0 Å². The van der Waals surface area contributed by atoms with Crippen LogP contribution in [0.25, 0.3) is 11.4 Å². The summed E-state index contributed by atoms with van der Waals surface area (Å²) in [5.41, 5.74) is 1.94. The van der Waals surface area contributed by atoms with Gasteiger partial charge in [0.05, 0.1) is 6.61 Å². The minimum Gasteiger partial charge on any atom is -0.482 e. The Labute approximate surface area is 199 Å². The summed E-state index contributed by atoms with van der Waals surface area (Å²) in [6.45, 7) is 1.80. The fourth-order valence-electron chi connectivity index (χ4n) is 3.02. The zero-order valence-corrected chi connectivity index (χ0v) is 19.0. The van der Waals surface area contributed by atoms with Crippen molar-refractivity contribution in [2.75, 3.05) is 18.5 Å². The highest BCUT2D eigenvalue weighted by Gasteiger charge is 2.11. The zero-order valence-electron chi connectivity index (χ0n) is 18.2. The first-order chi connectivity index (χ1) is 16.6. The molecule has 34 heavy (non-hydrogen) atoms.